The minimum Gasteiger partial charge on any atom is -0.442 e. The van der Waals surface area contributed by atoms with Gasteiger partial charge in [0.15, 0.2) is 5.82 Å². The molecule has 0 radical (unpaired) electrons. The van der Waals surface area contributed by atoms with Crippen LogP contribution in [0.1, 0.15) is 56.1 Å². The Labute approximate surface area is 243 Å². The van der Waals surface area contributed by atoms with Crippen LogP contribution in [-0.4, -0.2) is 66.8 Å². The normalized spacial score (nSPS) is 16.7. The van der Waals surface area contributed by atoms with Gasteiger partial charge in [-0.1, -0.05) is 6.07 Å². The summed E-state index contributed by atoms with van der Waals surface area (Å²) in [6.45, 7) is 6.98. The lowest BCUT2D eigenvalue weighted by Gasteiger charge is -2.25. The summed E-state index contributed by atoms with van der Waals surface area (Å²) in [5.74, 6) is -2.81. The second-order valence-corrected chi connectivity index (χ2v) is 13.5. The van der Waals surface area contributed by atoms with Crippen molar-refractivity contribution in [3.8, 4) is 11.4 Å². The van der Waals surface area contributed by atoms with Crippen molar-refractivity contribution in [2.45, 2.75) is 63.4 Å². The summed E-state index contributed by atoms with van der Waals surface area (Å²) in [6, 6.07) is 6.16. The molecule has 0 bridgehead atoms. The number of hydrogen-bond acceptors (Lipinski definition) is 8. The lowest BCUT2D eigenvalue weighted by molar-refractivity contribution is -0.0102. The minimum absolute atomic E-state index is 0.00969. The van der Waals surface area contributed by atoms with Crippen molar-refractivity contribution in [3.63, 3.8) is 0 Å². The molecule has 1 N–H and O–H groups in total. The summed E-state index contributed by atoms with van der Waals surface area (Å²) >= 11 is 0. The number of anilines is 2. The van der Waals surface area contributed by atoms with E-state index in [0.717, 1.165) is 0 Å². The quantitative estimate of drug-likeness (QED) is 0.407. The zero-order chi connectivity index (χ0) is 30.9. The Hall–Kier alpha value is -3.94. The molecule has 11 nitrogen and oxygen atoms in total. The molecular formula is C28H35F2N7O4S. The number of nitrogens with one attached hydrogen (secondary N) is 1. The standard InChI is InChI=1S/C28H35F2N7O4S/c1-18-22(25(38)33-20-9-7-10-21(15-20)42(6,40)35-26(39)41-27(2,3)4)24(37-13-8-11-28(29,30)12-14-37)34-23(32-18)19-16-31-36(5)17-19/h7,9-10,15-17H,8,11-14H2,1-6H3,(H,33,38)/t42-/m1/s1. The summed E-state index contributed by atoms with van der Waals surface area (Å²) in [5.41, 5.74) is 0.583. The number of nitrogens with zero attached hydrogens (tertiary/aromatic N) is 6. The maximum atomic E-state index is 14.2. The molecule has 3 heterocycles. The van der Waals surface area contributed by atoms with Gasteiger partial charge in [-0.05, 0) is 52.3 Å². The minimum atomic E-state index is -3.20. The van der Waals surface area contributed by atoms with Crippen LogP contribution in [0.5, 0.6) is 0 Å². The molecule has 42 heavy (non-hydrogen) atoms. The lowest BCUT2D eigenvalue weighted by Crippen LogP contribution is -2.30. The molecule has 1 aromatic carbocycles. The van der Waals surface area contributed by atoms with Crippen molar-refractivity contribution in [3.05, 3.63) is 47.9 Å². The van der Waals surface area contributed by atoms with Crippen LogP contribution in [0, 0.1) is 6.92 Å². The third-order valence-electron chi connectivity index (χ3n) is 6.45. The average Bonchev–Trinajstić information content (AvgIpc) is 3.21. The molecule has 1 saturated heterocycles. The summed E-state index contributed by atoms with van der Waals surface area (Å²) in [4.78, 5) is 37.0. The second-order valence-electron chi connectivity index (χ2n) is 11.3. The Morgan fingerprint density at radius 1 is 1.17 bits per heavy atom. The Kier molecular flexibility index (Phi) is 8.67. The number of halogens is 2. The molecule has 2 amide bonds. The number of aromatic nitrogens is 4. The van der Waals surface area contributed by atoms with Gasteiger partial charge in [-0.2, -0.15) is 5.10 Å². The Morgan fingerprint density at radius 2 is 1.90 bits per heavy atom. The molecule has 226 valence electrons. The van der Waals surface area contributed by atoms with E-state index in [-0.39, 0.29) is 47.8 Å². The largest absolute Gasteiger partial charge is 0.442 e. The van der Waals surface area contributed by atoms with E-state index in [1.165, 1.54) is 18.4 Å². The first-order valence-corrected chi connectivity index (χ1v) is 15.3. The number of hydrogen-bond donors (Lipinski definition) is 1. The van der Waals surface area contributed by atoms with Crippen LogP contribution in [0.3, 0.4) is 0 Å². The first kappa shape index (κ1) is 31.0. The van der Waals surface area contributed by atoms with Crippen LogP contribution in [-0.2, 0) is 21.5 Å². The van der Waals surface area contributed by atoms with E-state index in [4.69, 9.17) is 4.74 Å². The third-order valence-corrected chi connectivity index (χ3v) is 8.08. The lowest BCUT2D eigenvalue weighted by atomic mass is 10.1. The van der Waals surface area contributed by atoms with E-state index in [9.17, 15) is 22.6 Å². The SMILES string of the molecule is Cc1nc(-c2cnn(C)c2)nc(N2CCCC(F)(F)CC2)c1C(=O)Nc1cccc([S@@](C)(=O)=NC(=O)OC(C)(C)C)c1. The van der Waals surface area contributed by atoms with E-state index < -0.39 is 33.3 Å². The van der Waals surface area contributed by atoms with Crippen LogP contribution in [0.15, 0.2) is 45.9 Å². The van der Waals surface area contributed by atoms with Gasteiger partial charge in [0.2, 0.25) is 5.92 Å². The summed E-state index contributed by atoms with van der Waals surface area (Å²) in [6.07, 6.45) is 3.28. The number of alkyl halides is 2. The zero-order valence-electron chi connectivity index (χ0n) is 24.5. The summed E-state index contributed by atoms with van der Waals surface area (Å²) in [7, 11) is -1.45. The molecule has 0 unspecified atom stereocenters. The Morgan fingerprint density at radius 3 is 2.57 bits per heavy atom. The molecule has 1 fully saturated rings. The van der Waals surface area contributed by atoms with Crippen LogP contribution >= 0.6 is 0 Å². The molecule has 1 aliphatic heterocycles. The number of carbonyl (C=O) groups excluding carboxylic acids is 2. The summed E-state index contributed by atoms with van der Waals surface area (Å²) < 4.78 is 52.2. The highest BCUT2D eigenvalue weighted by atomic mass is 32.2. The molecule has 0 aliphatic carbocycles. The van der Waals surface area contributed by atoms with Gasteiger partial charge < -0.3 is 15.0 Å². The Bertz CT molecular complexity index is 1620. The van der Waals surface area contributed by atoms with Gasteiger partial charge in [0.1, 0.15) is 17.0 Å². The van der Waals surface area contributed by atoms with Gasteiger partial charge in [-0.3, -0.25) is 9.48 Å². The molecule has 1 atom stereocenters. The second kappa shape index (κ2) is 11.7. The molecule has 0 spiro atoms. The Balaban J connectivity index is 1.69. The van der Waals surface area contributed by atoms with Crippen LogP contribution in [0.4, 0.5) is 25.1 Å². The number of benzene rings is 1. The van der Waals surface area contributed by atoms with Gasteiger partial charge in [-0.15, -0.1) is 4.36 Å². The average molecular weight is 604 g/mol. The predicted octanol–water partition coefficient (Wildman–Crippen LogP) is 5.46. The maximum Gasteiger partial charge on any atom is 0.442 e. The van der Waals surface area contributed by atoms with Crippen molar-refractivity contribution in [1.82, 2.24) is 19.7 Å². The van der Waals surface area contributed by atoms with E-state index in [0.29, 0.717) is 23.6 Å². The fraction of sp³-hybridized carbons (Fsp3) is 0.464. The van der Waals surface area contributed by atoms with Gasteiger partial charge in [0, 0.05) is 56.0 Å². The molecule has 1 aliphatic rings. The first-order valence-electron chi connectivity index (χ1n) is 13.4. The summed E-state index contributed by atoms with van der Waals surface area (Å²) in [5, 5.41) is 6.94. The van der Waals surface area contributed by atoms with E-state index in [2.05, 4.69) is 24.7 Å². The van der Waals surface area contributed by atoms with Crippen molar-refractivity contribution in [2.24, 2.45) is 11.4 Å². The number of amides is 2. The number of aryl methyl sites for hydroxylation is 2. The number of ether oxygens (including phenoxy) is 1. The van der Waals surface area contributed by atoms with E-state index in [1.54, 1.807) is 68.9 Å². The highest BCUT2D eigenvalue weighted by Crippen LogP contribution is 2.33. The maximum absolute atomic E-state index is 14.2. The predicted molar refractivity (Wildman–Crippen MR) is 155 cm³/mol. The molecule has 2 aromatic heterocycles. The monoisotopic (exact) mass is 603 g/mol. The van der Waals surface area contributed by atoms with Crippen LogP contribution < -0.4 is 10.2 Å². The zero-order valence-corrected chi connectivity index (χ0v) is 25.3. The molecular weight excluding hydrogens is 568 g/mol. The molecule has 4 rings (SSSR count). The molecule has 3 aromatic rings. The van der Waals surface area contributed by atoms with E-state index in [1.807, 2.05) is 0 Å². The highest BCUT2D eigenvalue weighted by Gasteiger charge is 2.34. The van der Waals surface area contributed by atoms with Gasteiger partial charge >= 0.3 is 6.09 Å². The van der Waals surface area contributed by atoms with Crippen LogP contribution in [0.2, 0.25) is 0 Å². The highest BCUT2D eigenvalue weighted by molar-refractivity contribution is 7.93. The van der Waals surface area contributed by atoms with Crippen molar-refractivity contribution >= 4 is 33.2 Å². The van der Waals surface area contributed by atoms with Gasteiger partial charge in [0.05, 0.1) is 27.2 Å². The van der Waals surface area contributed by atoms with Crippen molar-refractivity contribution < 1.29 is 27.3 Å². The molecule has 14 heteroatoms. The van der Waals surface area contributed by atoms with Crippen molar-refractivity contribution in [2.75, 3.05) is 29.6 Å². The fourth-order valence-electron chi connectivity index (χ4n) is 4.47. The number of carbonyl (C=O) groups is 2. The third kappa shape index (κ3) is 7.66. The fourth-order valence-corrected chi connectivity index (χ4v) is 5.58. The van der Waals surface area contributed by atoms with Gasteiger partial charge in [-0.25, -0.2) is 27.8 Å². The topological polar surface area (TPSA) is 132 Å². The van der Waals surface area contributed by atoms with Gasteiger partial charge in [0.25, 0.3) is 5.91 Å². The first-order chi connectivity index (χ1) is 19.5. The smallest absolute Gasteiger partial charge is 0.442 e. The van der Waals surface area contributed by atoms with Crippen molar-refractivity contribution in [1.29, 1.82) is 0 Å². The molecule has 0 saturated carbocycles. The van der Waals surface area contributed by atoms with Crippen LogP contribution in [0.25, 0.3) is 11.4 Å². The number of rotatable bonds is 5. The van der Waals surface area contributed by atoms with E-state index >= 15 is 0 Å².